The molecule has 2 aliphatic heterocycles. The molecule has 6 heteroatoms. The number of nitrogens with zero attached hydrogens (tertiary/aromatic N) is 6. The summed E-state index contributed by atoms with van der Waals surface area (Å²) in [5.41, 5.74) is 2.32. The number of rotatable bonds is 3. The van der Waals surface area contributed by atoms with Gasteiger partial charge in [-0.1, -0.05) is 30.3 Å². The molecule has 5 rings (SSSR count). The highest BCUT2D eigenvalue weighted by Crippen LogP contribution is 2.35. The zero-order chi connectivity index (χ0) is 16.8. The van der Waals surface area contributed by atoms with Gasteiger partial charge in [0.15, 0.2) is 5.65 Å². The van der Waals surface area contributed by atoms with Gasteiger partial charge in [-0.05, 0) is 17.4 Å². The molecule has 3 aromatic rings. The van der Waals surface area contributed by atoms with Crippen molar-refractivity contribution in [2.45, 2.75) is 6.54 Å². The lowest BCUT2D eigenvalue weighted by atomic mass is 10.0. The van der Waals surface area contributed by atoms with Gasteiger partial charge in [0.2, 0.25) is 0 Å². The largest absolute Gasteiger partial charge is 0.355 e. The fraction of sp³-hybridized carbons (Fsp3) is 0.421. The van der Waals surface area contributed by atoms with Crippen molar-refractivity contribution in [2.75, 3.05) is 31.1 Å². The predicted molar refractivity (Wildman–Crippen MR) is 97.2 cm³/mol. The molecule has 2 saturated heterocycles. The number of aryl methyl sites for hydroxylation is 1. The van der Waals surface area contributed by atoms with Gasteiger partial charge in [-0.2, -0.15) is 5.10 Å². The van der Waals surface area contributed by atoms with Crippen LogP contribution in [0, 0.1) is 11.8 Å². The molecule has 2 unspecified atom stereocenters. The number of benzene rings is 1. The Kier molecular flexibility index (Phi) is 3.45. The third-order valence-corrected chi connectivity index (χ3v) is 5.62. The fourth-order valence-electron chi connectivity index (χ4n) is 4.44. The van der Waals surface area contributed by atoms with E-state index in [-0.39, 0.29) is 0 Å². The summed E-state index contributed by atoms with van der Waals surface area (Å²) in [5, 5.41) is 5.40. The first-order valence-electron chi connectivity index (χ1n) is 8.92. The zero-order valence-corrected chi connectivity index (χ0v) is 14.4. The van der Waals surface area contributed by atoms with Gasteiger partial charge in [0.05, 0.1) is 11.6 Å². The minimum atomic E-state index is 0.727. The minimum absolute atomic E-state index is 0.727. The van der Waals surface area contributed by atoms with Crippen LogP contribution in [0.3, 0.4) is 0 Å². The molecular weight excluding hydrogens is 312 g/mol. The van der Waals surface area contributed by atoms with E-state index in [1.54, 1.807) is 6.33 Å². The maximum Gasteiger partial charge on any atom is 0.163 e. The van der Waals surface area contributed by atoms with E-state index >= 15 is 0 Å². The van der Waals surface area contributed by atoms with Crippen LogP contribution in [-0.2, 0) is 13.6 Å². The Labute approximate surface area is 147 Å². The first kappa shape index (κ1) is 14.8. The molecule has 0 aliphatic carbocycles. The van der Waals surface area contributed by atoms with E-state index in [1.165, 1.54) is 18.7 Å². The Bertz CT molecular complexity index is 875. The molecule has 0 radical (unpaired) electrons. The third-order valence-electron chi connectivity index (χ3n) is 5.62. The van der Waals surface area contributed by atoms with Gasteiger partial charge in [0.25, 0.3) is 0 Å². The van der Waals surface area contributed by atoms with E-state index in [0.717, 1.165) is 48.3 Å². The quantitative estimate of drug-likeness (QED) is 0.732. The number of hydrogen-bond acceptors (Lipinski definition) is 5. The third kappa shape index (κ3) is 2.57. The van der Waals surface area contributed by atoms with Crippen molar-refractivity contribution in [3.8, 4) is 0 Å². The average Bonchev–Trinajstić information content (AvgIpc) is 3.29. The molecule has 2 aromatic heterocycles. The summed E-state index contributed by atoms with van der Waals surface area (Å²) in [5.74, 6) is 2.50. The zero-order valence-electron chi connectivity index (χ0n) is 14.4. The molecule has 0 saturated carbocycles. The summed E-state index contributed by atoms with van der Waals surface area (Å²) in [6.45, 7) is 5.58. The second-order valence-electron chi connectivity index (χ2n) is 7.31. The van der Waals surface area contributed by atoms with Crippen LogP contribution in [0.25, 0.3) is 11.0 Å². The van der Waals surface area contributed by atoms with E-state index in [1.807, 2.05) is 17.9 Å². The highest BCUT2D eigenvalue weighted by atomic mass is 15.3. The van der Waals surface area contributed by atoms with Crippen LogP contribution in [0.1, 0.15) is 5.56 Å². The van der Waals surface area contributed by atoms with Crippen LogP contribution in [-0.4, -0.2) is 50.8 Å². The van der Waals surface area contributed by atoms with Gasteiger partial charge < -0.3 is 4.90 Å². The lowest BCUT2D eigenvalue weighted by Crippen LogP contribution is -2.29. The molecular formula is C19H22N6. The van der Waals surface area contributed by atoms with E-state index in [0.29, 0.717) is 0 Å². The van der Waals surface area contributed by atoms with E-state index in [4.69, 9.17) is 0 Å². The van der Waals surface area contributed by atoms with Crippen LogP contribution in [0.4, 0.5) is 5.82 Å². The Morgan fingerprint density at radius 3 is 2.52 bits per heavy atom. The summed E-state index contributed by atoms with van der Waals surface area (Å²) in [6.07, 6.45) is 3.55. The molecule has 2 atom stereocenters. The Morgan fingerprint density at radius 2 is 1.76 bits per heavy atom. The number of fused-ring (bicyclic) bond motifs is 2. The van der Waals surface area contributed by atoms with Gasteiger partial charge in [0.1, 0.15) is 12.1 Å². The topological polar surface area (TPSA) is 50.1 Å². The van der Waals surface area contributed by atoms with Crippen LogP contribution >= 0.6 is 0 Å². The molecule has 128 valence electrons. The maximum absolute atomic E-state index is 4.56. The van der Waals surface area contributed by atoms with Crippen molar-refractivity contribution >= 4 is 16.9 Å². The van der Waals surface area contributed by atoms with Crippen LogP contribution in [0.2, 0.25) is 0 Å². The smallest absolute Gasteiger partial charge is 0.163 e. The highest BCUT2D eigenvalue weighted by Gasteiger charge is 2.40. The van der Waals surface area contributed by atoms with E-state index in [2.05, 4.69) is 55.2 Å². The SMILES string of the molecule is Cn1ncc2c(N3CC4CN(Cc5ccccc5)CC4C3)ncnc21. The minimum Gasteiger partial charge on any atom is -0.355 e. The molecule has 0 spiro atoms. The van der Waals surface area contributed by atoms with Crippen molar-refractivity contribution in [3.05, 3.63) is 48.4 Å². The van der Waals surface area contributed by atoms with Crippen LogP contribution < -0.4 is 4.90 Å². The van der Waals surface area contributed by atoms with E-state index < -0.39 is 0 Å². The van der Waals surface area contributed by atoms with Crippen LogP contribution in [0.5, 0.6) is 0 Å². The predicted octanol–water partition coefficient (Wildman–Crippen LogP) is 1.93. The molecule has 0 amide bonds. The molecule has 25 heavy (non-hydrogen) atoms. The fourth-order valence-corrected chi connectivity index (χ4v) is 4.44. The number of anilines is 1. The molecule has 1 aromatic carbocycles. The summed E-state index contributed by atoms with van der Waals surface area (Å²) < 4.78 is 1.82. The van der Waals surface area contributed by atoms with Gasteiger partial charge in [-0.3, -0.25) is 9.58 Å². The lowest BCUT2D eigenvalue weighted by Gasteiger charge is -2.22. The molecule has 2 aliphatic rings. The van der Waals surface area contributed by atoms with E-state index in [9.17, 15) is 0 Å². The Morgan fingerprint density at radius 1 is 1.00 bits per heavy atom. The second kappa shape index (κ2) is 5.81. The lowest BCUT2D eigenvalue weighted by molar-refractivity contribution is 0.309. The van der Waals surface area contributed by atoms with Gasteiger partial charge in [0, 0.05) is 39.8 Å². The van der Waals surface area contributed by atoms with Crippen molar-refractivity contribution in [2.24, 2.45) is 18.9 Å². The standard InChI is InChI=1S/C19H22N6/c1-23-18-17(7-22-23)19(21-13-20-18)25-11-15-9-24(10-16(15)12-25)8-14-5-3-2-4-6-14/h2-7,13,15-16H,8-12H2,1H3. The van der Waals surface area contributed by atoms with Crippen molar-refractivity contribution < 1.29 is 0 Å². The molecule has 0 N–H and O–H groups in total. The molecule has 2 fully saturated rings. The Balaban J connectivity index is 1.30. The van der Waals surface area contributed by atoms with Gasteiger partial charge in [-0.15, -0.1) is 0 Å². The normalized spacial score (nSPS) is 23.5. The van der Waals surface area contributed by atoms with Gasteiger partial charge in [-0.25, -0.2) is 9.97 Å². The Hall–Kier alpha value is -2.47. The first-order valence-corrected chi connectivity index (χ1v) is 8.92. The maximum atomic E-state index is 4.56. The number of hydrogen-bond donors (Lipinski definition) is 0. The number of likely N-dealkylation sites (tertiary alicyclic amines) is 1. The van der Waals surface area contributed by atoms with Crippen LogP contribution in [0.15, 0.2) is 42.9 Å². The highest BCUT2D eigenvalue weighted by molar-refractivity contribution is 5.86. The summed E-state index contributed by atoms with van der Waals surface area (Å²) in [6, 6.07) is 10.8. The molecule has 4 heterocycles. The average molecular weight is 334 g/mol. The second-order valence-corrected chi connectivity index (χ2v) is 7.31. The van der Waals surface area contributed by atoms with Crippen molar-refractivity contribution in [1.82, 2.24) is 24.6 Å². The number of aromatic nitrogens is 4. The monoisotopic (exact) mass is 334 g/mol. The summed E-state index contributed by atoms with van der Waals surface area (Å²) >= 11 is 0. The summed E-state index contributed by atoms with van der Waals surface area (Å²) in [7, 11) is 1.93. The summed E-state index contributed by atoms with van der Waals surface area (Å²) in [4.78, 5) is 14.0. The first-order chi connectivity index (χ1) is 12.3. The van der Waals surface area contributed by atoms with Gasteiger partial charge >= 0.3 is 0 Å². The van der Waals surface area contributed by atoms with Crippen molar-refractivity contribution in [1.29, 1.82) is 0 Å². The van der Waals surface area contributed by atoms with Crippen molar-refractivity contribution in [3.63, 3.8) is 0 Å². The molecule has 0 bridgehead atoms. The molecule has 6 nitrogen and oxygen atoms in total.